The van der Waals surface area contributed by atoms with Crippen molar-refractivity contribution in [2.75, 3.05) is 21.3 Å². The average Bonchev–Trinajstić information content (AvgIpc) is 2.27. The summed E-state index contributed by atoms with van der Waals surface area (Å²) in [6.45, 7) is 0. The second kappa shape index (κ2) is 5.11. The number of hydrogen-bond donors (Lipinski definition) is 2. The van der Waals surface area contributed by atoms with Crippen molar-refractivity contribution in [1.82, 2.24) is 0 Å². The Labute approximate surface area is 93.8 Å². The highest BCUT2D eigenvalue weighted by molar-refractivity contribution is 5.81. The van der Waals surface area contributed by atoms with E-state index < -0.39 is 0 Å². The molecule has 0 bridgehead atoms. The molecule has 6 heteroatoms. The molecule has 0 aliphatic heterocycles. The number of nitrogens with two attached hydrogens (primary N) is 2. The quantitative estimate of drug-likeness (QED) is 0.578. The van der Waals surface area contributed by atoms with Gasteiger partial charge in [0.05, 0.1) is 21.3 Å². The van der Waals surface area contributed by atoms with Gasteiger partial charge in [-0.25, -0.2) is 4.99 Å². The van der Waals surface area contributed by atoms with Gasteiger partial charge in [0.2, 0.25) is 5.75 Å². The Kier molecular flexibility index (Phi) is 3.82. The molecule has 0 fully saturated rings. The summed E-state index contributed by atoms with van der Waals surface area (Å²) in [5, 5.41) is 0. The zero-order valence-electron chi connectivity index (χ0n) is 9.48. The molecule has 0 amide bonds. The van der Waals surface area contributed by atoms with Crippen LogP contribution in [0.4, 0.5) is 5.69 Å². The van der Waals surface area contributed by atoms with Gasteiger partial charge in [-0.1, -0.05) is 0 Å². The van der Waals surface area contributed by atoms with E-state index >= 15 is 0 Å². The van der Waals surface area contributed by atoms with E-state index in [2.05, 4.69) is 4.99 Å². The van der Waals surface area contributed by atoms with E-state index in [0.29, 0.717) is 22.9 Å². The average molecular weight is 225 g/mol. The Balaban J connectivity index is 3.37. The number of aliphatic imine (C=N–C) groups is 1. The van der Waals surface area contributed by atoms with Gasteiger partial charge in [-0.3, -0.25) is 0 Å². The van der Waals surface area contributed by atoms with Crippen molar-refractivity contribution in [3.8, 4) is 17.2 Å². The molecule has 0 saturated heterocycles. The lowest BCUT2D eigenvalue weighted by molar-refractivity contribution is 0.325. The summed E-state index contributed by atoms with van der Waals surface area (Å²) in [5.41, 5.74) is 11.1. The molecule has 4 N–H and O–H groups in total. The van der Waals surface area contributed by atoms with Crippen LogP contribution in [-0.4, -0.2) is 27.3 Å². The molecule has 0 aromatic heterocycles. The molecule has 0 aliphatic carbocycles. The Hall–Kier alpha value is -2.11. The molecule has 1 aromatic carbocycles. The highest BCUT2D eigenvalue weighted by Gasteiger charge is 2.15. The van der Waals surface area contributed by atoms with Gasteiger partial charge in [0, 0.05) is 0 Å². The van der Waals surface area contributed by atoms with E-state index in [1.165, 1.54) is 21.3 Å². The molecule has 0 atom stereocenters. The number of hydrogen-bond acceptors (Lipinski definition) is 4. The molecule has 1 aromatic rings. The van der Waals surface area contributed by atoms with Crippen LogP contribution in [0.15, 0.2) is 17.1 Å². The molecule has 1 rings (SSSR count). The first-order valence-electron chi connectivity index (χ1n) is 4.52. The first kappa shape index (κ1) is 12.0. The monoisotopic (exact) mass is 225 g/mol. The summed E-state index contributed by atoms with van der Waals surface area (Å²) in [5.74, 6) is 1.38. The zero-order valence-corrected chi connectivity index (χ0v) is 9.48. The van der Waals surface area contributed by atoms with Crippen molar-refractivity contribution in [1.29, 1.82) is 0 Å². The highest BCUT2D eigenvalue weighted by Crippen LogP contribution is 2.43. The van der Waals surface area contributed by atoms with Crippen LogP contribution in [0.2, 0.25) is 0 Å². The molecule has 0 unspecified atom stereocenters. The number of methoxy groups -OCH3 is 3. The zero-order chi connectivity index (χ0) is 12.1. The maximum absolute atomic E-state index is 5.31. The first-order valence-corrected chi connectivity index (χ1v) is 4.52. The molecule has 0 radical (unpaired) electrons. The van der Waals surface area contributed by atoms with Gasteiger partial charge in [-0.2, -0.15) is 0 Å². The Bertz CT molecular complexity index is 401. The third-order valence-corrected chi connectivity index (χ3v) is 1.93. The minimum absolute atomic E-state index is 0.0504. The van der Waals surface area contributed by atoms with Crippen molar-refractivity contribution in [2.24, 2.45) is 16.5 Å². The molecular formula is C10H15N3O3. The van der Waals surface area contributed by atoms with Crippen LogP contribution in [-0.2, 0) is 0 Å². The summed E-state index contributed by atoms with van der Waals surface area (Å²) < 4.78 is 15.5. The standard InChI is InChI=1S/C10H15N3O3/c1-14-7-5-4-6(13-10(11)12)8(15-2)9(7)16-3/h4-5H,1-3H3,(H4,11,12,13). The number of benzene rings is 1. The van der Waals surface area contributed by atoms with Gasteiger partial charge < -0.3 is 25.7 Å². The first-order chi connectivity index (χ1) is 7.63. The summed E-state index contributed by atoms with van der Waals surface area (Å²) in [4.78, 5) is 3.93. The number of ether oxygens (including phenoxy) is 3. The van der Waals surface area contributed by atoms with E-state index in [1.54, 1.807) is 12.1 Å². The van der Waals surface area contributed by atoms with Crippen LogP contribution in [0, 0.1) is 0 Å². The predicted molar refractivity (Wildman–Crippen MR) is 61.6 cm³/mol. The van der Waals surface area contributed by atoms with Crippen LogP contribution >= 0.6 is 0 Å². The topological polar surface area (TPSA) is 92.1 Å². The van der Waals surface area contributed by atoms with Gasteiger partial charge >= 0.3 is 0 Å². The highest BCUT2D eigenvalue weighted by atomic mass is 16.5. The van der Waals surface area contributed by atoms with E-state index in [9.17, 15) is 0 Å². The maximum atomic E-state index is 5.31. The van der Waals surface area contributed by atoms with Crippen molar-refractivity contribution in [2.45, 2.75) is 0 Å². The van der Waals surface area contributed by atoms with Crippen LogP contribution in [0.5, 0.6) is 17.2 Å². The van der Waals surface area contributed by atoms with Gasteiger partial charge in [-0.15, -0.1) is 0 Å². The minimum Gasteiger partial charge on any atom is -0.493 e. The van der Waals surface area contributed by atoms with Gasteiger partial charge in [0.1, 0.15) is 5.69 Å². The van der Waals surface area contributed by atoms with Crippen molar-refractivity contribution >= 4 is 11.6 Å². The van der Waals surface area contributed by atoms with Gasteiger partial charge in [0.15, 0.2) is 17.5 Å². The molecule has 0 heterocycles. The molecule has 0 saturated carbocycles. The lowest BCUT2D eigenvalue weighted by Gasteiger charge is -2.13. The van der Waals surface area contributed by atoms with Gasteiger partial charge in [-0.05, 0) is 12.1 Å². The van der Waals surface area contributed by atoms with E-state index in [0.717, 1.165) is 0 Å². The van der Waals surface area contributed by atoms with Gasteiger partial charge in [0.25, 0.3) is 0 Å². The second-order valence-corrected chi connectivity index (χ2v) is 2.89. The second-order valence-electron chi connectivity index (χ2n) is 2.89. The normalized spacial score (nSPS) is 9.44. The molecule has 0 aliphatic rings. The fraction of sp³-hybridized carbons (Fsp3) is 0.300. The SMILES string of the molecule is COc1ccc(N=C(N)N)c(OC)c1OC. The van der Waals surface area contributed by atoms with Crippen molar-refractivity contribution in [3.05, 3.63) is 12.1 Å². The van der Waals surface area contributed by atoms with Crippen LogP contribution in [0.25, 0.3) is 0 Å². The van der Waals surface area contributed by atoms with Crippen molar-refractivity contribution in [3.63, 3.8) is 0 Å². The Morgan fingerprint density at radius 1 is 1.00 bits per heavy atom. The number of rotatable bonds is 4. The largest absolute Gasteiger partial charge is 0.493 e. The number of guanidine groups is 1. The molecule has 0 spiro atoms. The summed E-state index contributed by atoms with van der Waals surface area (Å²) in [7, 11) is 4.56. The molecule has 6 nitrogen and oxygen atoms in total. The third-order valence-electron chi connectivity index (χ3n) is 1.93. The van der Waals surface area contributed by atoms with Crippen LogP contribution < -0.4 is 25.7 Å². The maximum Gasteiger partial charge on any atom is 0.205 e. The van der Waals surface area contributed by atoms with Crippen LogP contribution in [0.1, 0.15) is 0 Å². The lowest BCUT2D eigenvalue weighted by Crippen LogP contribution is -2.22. The summed E-state index contributed by atoms with van der Waals surface area (Å²) in [6.07, 6.45) is 0. The van der Waals surface area contributed by atoms with Crippen LogP contribution in [0.3, 0.4) is 0 Å². The smallest absolute Gasteiger partial charge is 0.205 e. The Morgan fingerprint density at radius 2 is 1.62 bits per heavy atom. The molecule has 16 heavy (non-hydrogen) atoms. The fourth-order valence-electron chi connectivity index (χ4n) is 1.31. The predicted octanol–water partition coefficient (Wildman–Crippen LogP) is 0.617. The lowest BCUT2D eigenvalue weighted by atomic mass is 10.2. The van der Waals surface area contributed by atoms with Crippen molar-refractivity contribution < 1.29 is 14.2 Å². The summed E-state index contributed by atoms with van der Waals surface area (Å²) in [6, 6.07) is 3.38. The Morgan fingerprint density at radius 3 is 2.06 bits per heavy atom. The van der Waals surface area contributed by atoms with E-state index in [4.69, 9.17) is 25.7 Å². The minimum atomic E-state index is -0.0504. The van der Waals surface area contributed by atoms with E-state index in [1.807, 2.05) is 0 Å². The molecular weight excluding hydrogens is 210 g/mol. The summed E-state index contributed by atoms with van der Waals surface area (Å²) >= 11 is 0. The van der Waals surface area contributed by atoms with E-state index in [-0.39, 0.29) is 5.96 Å². The molecule has 88 valence electrons. The fourth-order valence-corrected chi connectivity index (χ4v) is 1.31. The number of nitrogens with zero attached hydrogens (tertiary/aromatic N) is 1. The third kappa shape index (κ3) is 2.28.